The molecule has 1 aromatic heterocycles. The van der Waals surface area contributed by atoms with E-state index in [-0.39, 0.29) is 6.61 Å². The number of hydrogen-bond acceptors (Lipinski definition) is 5. The average molecular weight is 352 g/mol. The molecule has 25 heavy (non-hydrogen) atoms. The molecule has 1 N–H and O–H groups in total. The molecule has 0 fully saturated rings. The number of aliphatic hydroxyl groups is 1. The molecule has 3 aromatic rings. The third-order valence-corrected chi connectivity index (χ3v) is 4.49. The van der Waals surface area contributed by atoms with Crippen molar-refractivity contribution in [2.45, 2.75) is 18.2 Å². The number of aryl methyl sites for hydroxylation is 1. The number of benzene rings is 2. The molecule has 128 valence electrons. The van der Waals surface area contributed by atoms with Gasteiger partial charge in [0.2, 0.25) is 0 Å². The number of rotatable bonds is 7. The van der Waals surface area contributed by atoms with Crippen molar-refractivity contribution < 1.29 is 9.84 Å². The van der Waals surface area contributed by atoms with Crippen molar-refractivity contribution in [1.82, 2.24) is 9.97 Å². The van der Waals surface area contributed by atoms with Crippen LogP contribution in [0.4, 0.5) is 0 Å². The Bertz CT molecular complexity index is 797. The lowest BCUT2D eigenvalue weighted by Crippen LogP contribution is -2.20. The maximum atomic E-state index is 10.1. The van der Waals surface area contributed by atoms with Gasteiger partial charge in [-0.3, -0.25) is 0 Å². The van der Waals surface area contributed by atoms with Crippen molar-refractivity contribution in [3.05, 3.63) is 72.4 Å². The average Bonchev–Trinajstić information content (AvgIpc) is 2.66. The van der Waals surface area contributed by atoms with Crippen molar-refractivity contribution in [3.8, 4) is 17.0 Å². The van der Waals surface area contributed by atoms with Gasteiger partial charge in [0, 0.05) is 17.0 Å². The van der Waals surface area contributed by atoms with Gasteiger partial charge in [0.15, 0.2) is 5.16 Å². The fourth-order valence-corrected chi connectivity index (χ4v) is 3.10. The van der Waals surface area contributed by atoms with Crippen LogP contribution in [0.3, 0.4) is 0 Å². The van der Waals surface area contributed by atoms with Crippen LogP contribution in [0.25, 0.3) is 11.3 Å². The monoisotopic (exact) mass is 352 g/mol. The Hall–Kier alpha value is -2.37. The summed E-state index contributed by atoms with van der Waals surface area (Å²) in [6.07, 6.45) is -0.588. The predicted octanol–water partition coefficient (Wildman–Crippen LogP) is 3.98. The highest BCUT2D eigenvalue weighted by atomic mass is 32.2. The first-order valence-corrected chi connectivity index (χ1v) is 9.09. The van der Waals surface area contributed by atoms with E-state index in [0.29, 0.717) is 10.9 Å². The first kappa shape index (κ1) is 17.5. The van der Waals surface area contributed by atoms with Crippen molar-refractivity contribution in [1.29, 1.82) is 0 Å². The van der Waals surface area contributed by atoms with Crippen molar-refractivity contribution in [2.24, 2.45) is 0 Å². The molecule has 0 amide bonds. The minimum Gasteiger partial charge on any atom is -0.491 e. The van der Waals surface area contributed by atoms with E-state index in [9.17, 15) is 5.11 Å². The highest BCUT2D eigenvalue weighted by molar-refractivity contribution is 7.99. The van der Waals surface area contributed by atoms with E-state index in [4.69, 9.17) is 4.74 Å². The standard InChI is InChI=1S/C20H20N2O2S/c1-15-12-19(16-8-4-2-5-9-16)22-20(21-15)25-14-17(23)13-24-18-10-6-3-7-11-18/h2-12,17,23H,13-14H2,1H3/t17-/m1/s1. The van der Waals surface area contributed by atoms with Gasteiger partial charge in [-0.05, 0) is 25.1 Å². The molecule has 1 atom stereocenters. The van der Waals surface area contributed by atoms with E-state index < -0.39 is 6.10 Å². The summed E-state index contributed by atoms with van der Waals surface area (Å²) in [6, 6.07) is 21.5. The van der Waals surface area contributed by atoms with Gasteiger partial charge < -0.3 is 9.84 Å². The molecule has 0 aliphatic rings. The summed E-state index contributed by atoms with van der Waals surface area (Å²) < 4.78 is 5.57. The molecule has 5 heteroatoms. The highest BCUT2D eigenvalue weighted by Gasteiger charge is 2.10. The number of nitrogens with zero attached hydrogens (tertiary/aromatic N) is 2. The summed E-state index contributed by atoms with van der Waals surface area (Å²) in [7, 11) is 0. The van der Waals surface area contributed by atoms with Gasteiger partial charge in [-0.2, -0.15) is 0 Å². The third-order valence-electron chi connectivity index (χ3n) is 3.49. The maximum absolute atomic E-state index is 10.1. The van der Waals surface area contributed by atoms with Crippen LogP contribution in [-0.4, -0.2) is 33.5 Å². The van der Waals surface area contributed by atoms with Gasteiger partial charge in [-0.25, -0.2) is 9.97 Å². The van der Waals surface area contributed by atoms with E-state index in [1.54, 1.807) is 0 Å². The summed E-state index contributed by atoms with van der Waals surface area (Å²) in [5, 5.41) is 10.8. The predicted molar refractivity (Wildman–Crippen MR) is 101 cm³/mol. The minimum atomic E-state index is -0.588. The number of thioether (sulfide) groups is 1. The molecule has 0 radical (unpaired) electrons. The van der Waals surface area contributed by atoms with Crippen LogP contribution >= 0.6 is 11.8 Å². The summed E-state index contributed by atoms with van der Waals surface area (Å²) in [6.45, 7) is 2.20. The normalized spacial score (nSPS) is 11.9. The summed E-state index contributed by atoms with van der Waals surface area (Å²) >= 11 is 1.43. The molecular weight excluding hydrogens is 332 g/mol. The first-order valence-electron chi connectivity index (χ1n) is 8.10. The van der Waals surface area contributed by atoms with Gasteiger partial charge in [0.05, 0.1) is 11.8 Å². The summed E-state index contributed by atoms with van der Waals surface area (Å²) in [5.41, 5.74) is 2.86. The van der Waals surface area contributed by atoms with E-state index in [1.165, 1.54) is 11.8 Å². The second-order valence-corrected chi connectivity index (χ2v) is 6.62. The molecule has 0 aliphatic heterocycles. The molecule has 0 spiro atoms. The van der Waals surface area contributed by atoms with E-state index in [1.807, 2.05) is 73.7 Å². The number of aromatic nitrogens is 2. The third kappa shape index (κ3) is 5.31. The van der Waals surface area contributed by atoms with Crippen LogP contribution in [0, 0.1) is 6.92 Å². The molecule has 2 aromatic carbocycles. The van der Waals surface area contributed by atoms with Crippen LogP contribution in [-0.2, 0) is 0 Å². The Morgan fingerprint density at radius 2 is 1.68 bits per heavy atom. The minimum absolute atomic E-state index is 0.244. The van der Waals surface area contributed by atoms with Crippen molar-refractivity contribution >= 4 is 11.8 Å². The smallest absolute Gasteiger partial charge is 0.188 e. The molecule has 0 bridgehead atoms. The van der Waals surface area contributed by atoms with Crippen LogP contribution in [0.5, 0.6) is 5.75 Å². The molecule has 3 rings (SSSR count). The Morgan fingerprint density at radius 3 is 2.40 bits per heavy atom. The Kier molecular flexibility index (Phi) is 6.04. The van der Waals surface area contributed by atoms with Gasteiger partial charge in [-0.15, -0.1) is 0 Å². The zero-order chi connectivity index (χ0) is 17.5. The molecule has 0 unspecified atom stereocenters. The van der Waals surface area contributed by atoms with Crippen molar-refractivity contribution in [3.63, 3.8) is 0 Å². The molecule has 1 heterocycles. The van der Waals surface area contributed by atoms with E-state index in [2.05, 4.69) is 9.97 Å². The lowest BCUT2D eigenvalue weighted by Gasteiger charge is -2.12. The van der Waals surface area contributed by atoms with Crippen LogP contribution < -0.4 is 4.74 Å². The Balaban J connectivity index is 1.58. The lowest BCUT2D eigenvalue weighted by molar-refractivity contribution is 0.126. The largest absolute Gasteiger partial charge is 0.491 e. The fraction of sp³-hybridized carbons (Fsp3) is 0.200. The van der Waals surface area contributed by atoms with E-state index in [0.717, 1.165) is 22.7 Å². The van der Waals surface area contributed by atoms with Gasteiger partial charge in [0.25, 0.3) is 0 Å². The van der Waals surface area contributed by atoms with Gasteiger partial charge in [0.1, 0.15) is 12.4 Å². The quantitative estimate of drug-likeness (QED) is 0.515. The van der Waals surface area contributed by atoms with Crippen LogP contribution in [0.2, 0.25) is 0 Å². The molecular formula is C20H20N2O2S. The molecule has 4 nitrogen and oxygen atoms in total. The zero-order valence-electron chi connectivity index (χ0n) is 14.0. The topological polar surface area (TPSA) is 55.2 Å². The fourth-order valence-electron chi connectivity index (χ4n) is 2.29. The van der Waals surface area contributed by atoms with E-state index >= 15 is 0 Å². The zero-order valence-corrected chi connectivity index (χ0v) is 14.8. The lowest BCUT2D eigenvalue weighted by atomic mass is 10.1. The first-order chi connectivity index (χ1) is 12.2. The Labute approximate surface area is 151 Å². The number of para-hydroxylation sites is 1. The number of ether oxygens (including phenoxy) is 1. The second kappa shape index (κ2) is 8.65. The van der Waals surface area contributed by atoms with Crippen LogP contribution in [0.1, 0.15) is 5.69 Å². The summed E-state index contributed by atoms with van der Waals surface area (Å²) in [4.78, 5) is 9.04. The number of aliphatic hydroxyl groups excluding tert-OH is 1. The maximum Gasteiger partial charge on any atom is 0.188 e. The van der Waals surface area contributed by atoms with Gasteiger partial charge in [-0.1, -0.05) is 60.3 Å². The van der Waals surface area contributed by atoms with Gasteiger partial charge >= 0.3 is 0 Å². The molecule has 0 saturated heterocycles. The number of hydrogen-bond donors (Lipinski definition) is 1. The molecule has 0 aliphatic carbocycles. The Morgan fingerprint density at radius 1 is 1.00 bits per heavy atom. The van der Waals surface area contributed by atoms with Crippen molar-refractivity contribution in [2.75, 3.05) is 12.4 Å². The molecule has 0 saturated carbocycles. The SMILES string of the molecule is Cc1cc(-c2ccccc2)nc(SC[C@H](O)COc2ccccc2)n1. The van der Waals surface area contributed by atoms with Crippen LogP contribution in [0.15, 0.2) is 71.9 Å². The highest BCUT2D eigenvalue weighted by Crippen LogP contribution is 2.22. The second-order valence-electron chi connectivity index (χ2n) is 5.63. The summed E-state index contributed by atoms with van der Waals surface area (Å²) in [5.74, 6) is 1.23.